The molecule has 0 aliphatic heterocycles. The number of rotatable bonds is 5. The van der Waals surface area contributed by atoms with Crippen LogP contribution in [0.15, 0.2) is 18.2 Å². The minimum atomic E-state index is -0.636. The Morgan fingerprint density at radius 2 is 2.06 bits per heavy atom. The topological polar surface area (TPSA) is 35.5 Å². The van der Waals surface area contributed by atoms with Crippen LogP contribution in [-0.2, 0) is 9.47 Å². The van der Waals surface area contributed by atoms with Gasteiger partial charge in [0.15, 0.2) is 0 Å². The Morgan fingerprint density at radius 1 is 1.39 bits per heavy atom. The smallest absolute Gasteiger partial charge is 0.341 e. The van der Waals surface area contributed by atoms with Gasteiger partial charge < -0.3 is 9.47 Å². The summed E-state index contributed by atoms with van der Waals surface area (Å²) in [4.78, 5) is 11.7. The summed E-state index contributed by atoms with van der Waals surface area (Å²) in [6, 6.07) is 4.67. The van der Waals surface area contributed by atoms with Gasteiger partial charge >= 0.3 is 5.97 Å². The van der Waals surface area contributed by atoms with E-state index in [1.807, 2.05) is 13.8 Å². The van der Waals surface area contributed by atoms with Gasteiger partial charge in [0.25, 0.3) is 0 Å². The molecule has 0 aliphatic rings. The van der Waals surface area contributed by atoms with Crippen LogP contribution in [0.25, 0.3) is 0 Å². The first-order valence-electron chi connectivity index (χ1n) is 5.85. The summed E-state index contributed by atoms with van der Waals surface area (Å²) < 4.78 is 23.9. The van der Waals surface area contributed by atoms with E-state index in [0.717, 1.165) is 0 Å². The Kier molecular flexibility index (Phi) is 4.84. The van der Waals surface area contributed by atoms with Crippen LogP contribution in [0.3, 0.4) is 0 Å². The monoisotopic (exact) mass is 254 g/mol. The lowest BCUT2D eigenvalue weighted by molar-refractivity contribution is -0.00575. The third-order valence-electron chi connectivity index (χ3n) is 2.90. The molecule has 0 aliphatic carbocycles. The maximum absolute atomic E-state index is 13.7. The summed E-state index contributed by atoms with van der Waals surface area (Å²) in [6.45, 7) is 5.61. The summed E-state index contributed by atoms with van der Waals surface area (Å²) in [6.07, 6.45) is 0.558. The fourth-order valence-electron chi connectivity index (χ4n) is 1.37. The predicted octanol–water partition coefficient (Wildman–Crippen LogP) is 3.11. The molecule has 0 bridgehead atoms. The highest BCUT2D eigenvalue weighted by atomic mass is 19.1. The highest BCUT2D eigenvalue weighted by Gasteiger charge is 2.19. The molecule has 0 heterocycles. The number of carbonyl (C=O) groups excluding carboxylic acids is 1. The molecule has 3 nitrogen and oxygen atoms in total. The van der Waals surface area contributed by atoms with E-state index in [4.69, 9.17) is 9.47 Å². The van der Waals surface area contributed by atoms with Crippen molar-refractivity contribution in [3.05, 3.63) is 35.1 Å². The molecule has 100 valence electrons. The standard InChI is InChI=1S/C14H19FO3/c1-10-6-5-7-11(12(10)15)13(16)18-9-8-14(2,3)17-4/h5-7H,8-9H2,1-4H3. The summed E-state index contributed by atoms with van der Waals surface area (Å²) in [5.74, 6) is -1.16. The van der Waals surface area contributed by atoms with E-state index < -0.39 is 11.8 Å². The average molecular weight is 254 g/mol. The molecule has 0 unspecified atom stereocenters. The van der Waals surface area contributed by atoms with Gasteiger partial charge in [-0.25, -0.2) is 9.18 Å². The lowest BCUT2D eigenvalue weighted by atomic mass is 10.1. The van der Waals surface area contributed by atoms with Crippen LogP contribution in [0, 0.1) is 12.7 Å². The molecule has 0 amide bonds. The molecule has 0 N–H and O–H groups in total. The van der Waals surface area contributed by atoms with E-state index in [0.29, 0.717) is 12.0 Å². The van der Waals surface area contributed by atoms with Crippen LogP contribution in [0.4, 0.5) is 4.39 Å². The second-order valence-corrected chi connectivity index (χ2v) is 4.79. The van der Waals surface area contributed by atoms with Crippen molar-refractivity contribution in [3.8, 4) is 0 Å². The first kappa shape index (κ1) is 14.6. The molecule has 4 heteroatoms. The maximum atomic E-state index is 13.7. The maximum Gasteiger partial charge on any atom is 0.341 e. The normalized spacial score (nSPS) is 11.4. The second-order valence-electron chi connectivity index (χ2n) is 4.79. The molecular weight excluding hydrogens is 235 g/mol. The summed E-state index contributed by atoms with van der Waals surface area (Å²) in [7, 11) is 1.60. The second kappa shape index (κ2) is 5.96. The van der Waals surface area contributed by atoms with Crippen LogP contribution < -0.4 is 0 Å². The molecule has 18 heavy (non-hydrogen) atoms. The molecule has 1 rings (SSSR count). The van der Waals surface area contributed by atoms with Crippen LogP contribution >= 0.6 is 0 Å². The Labute approximate surface area is 107 Å². The first-order chi connectivity index (χ1) is 8.37. The van der Waals surface area contributed by atoms with Crippen molar-refractivity contribution in [2.24, 2.45) is 0 Å². The summed E-state index contributed by atoms with van der Waals surface area (Å²) >= 11 is 0. The molecule has 0 radical (unpaired) electrons. The Morgan fingerprint density at radius 3 is 2.67 bits per heavy atom. The number of esters is 1. The lowest BCUT2D eigenvalue weighted by Crippen LogP contribution is -2.25. The molecule has 0 spiro atoms. The minimum Gasteiger partial charge on any atom is -0.462 e. The van der Waals surface area contributed by atoms with E-state index in [2.05, 4.69) is 0 Å². The van der Waals surface area contributed by atoms with Gasteiger partial charge in [0, 0.05) is 13.5 Å². The van der Waals surface area contributed by atoms with Gasteiger partial charge in [-0.15, -0.1) is 0 Å². The van der Waals surface area contributed by atoms with Gasteiger partial charge in [-0.05, 0) is 32.4 Å². The van der Waals surface area contributed by atoms with Gasteiger partial charge in [-0.3, -0.25) is 0 Å². The Balaban J connectivity index is 2.59. The fourth-order valence-corrected chi connectivity index (χ4v) is 1.37. The van der Waals surface area contributed by atoms with Crippen LogP contribution in [0.1, 0.15) is 36.2 Å². The van der Waals surface area contributed by atoms with Crippen LogP contribution in [-0.4, -0.2) is 25.3 Å². The zero-order valence-corrected chi connectivity index (χ0v) is 11.2. The Bertz CT molecular complexity index is 427. The van der Waals surface area contributed by atoms with Crippen LogP contribution in [0.5, 0.6) is 0 Å². The number of benzene rings is 1. The third-order valence-corrected chi connectivity index (χ3v) is 2.90. The predicted molar refractivity (Wildman–Crippen MR) is 67.1 cm³/mol. The number of hydrogen-bond acceptors (Lipinski definition) is 3. The van der Waals surface area contributed by atoms with Gasteiger partial charge in [0.1, 0.15) is 5.82 Å². The lowest BCUT2D eigenvalue weighted by Gasteiger charge is -2.22. The quantitative estimate of drug-likeness (QED) is 0.757. The molecule has 0 atom stereocenters. The molecule has 1 aromatic rings. The van der Waals surface area contributed by atoms with Crippen molar-refractivity contribution >= 4 is 5.97 Å². The molecule has 0 aromatic heterocycles. The number of hydrogen-bond donors (Lipinski definition) is 0. The first-order valence-corrected chi connectivity index (χ1v) is 5.85. The number of aryl methyl sites for hydroxylation is 1. The molecule has 1 aromatic carbocycles. The molecule has 0 saturated heterocycles. The highest BCUT2D eigenvalue weighted by molar-refractivity contribution is 5.89. The number of halogens is 1. The minimum absolute atomic E-state index is 0.0229. The van der Waals surface area contributed by atoms with E-state index in [9.17, 15) is 9.18 Å². The van der Waals surface area contributed by atoms with E-state index in [1.54, 1.807) is 26.2 Å². The van der Waals surface area contributed by atoms with Crippen LogP contribution in [0.2, 0.25) is 0 Å². The van der Waals surface area contributed by atoms with Gasteiger partial charge in [0.2, 0.25) is 0 Å². The van der Waals surface area contributed by atoms with Gasteiger partial charge in [-0.1, -0.05) is 12.1 Å². The zero-order valence-electron chi connectivity index (χ0n) is 11.2. The van der Waals surface area contributed by atoms with Crippen molar-refractivity contribution in [3.63, 3.8) is 0 Å². The third kappa shape index (κ3) is 3.81. The molecular formula is C14H19FO3. The number of ether oxygens (including phenoxy) is 2. The van der Waals surface area contributed by atoms with Gasteiger partial charge in [-0.2, -0.15) is 0 Å². The van der Waals surface area contributed by atoms with Crippen molar-refractivity contribution in [1.29, 1.82) is 0 Å². The van der Waals surface area contributed by atoms with Crippen molar-refractivity contribution in [2.75, 3.05) is 13.7 Å². The SMILES string of the molecule is COC(C)(C)CCOC(=O)c1cccc(C)c1F. The summed E-state index contributed by atoms with van der Waals surface area (Å²) in [5.41, 5.74) is 0.0534. The molecule has 0 saturated carbocycles. The largest absolute Gasteiger partial charge is 0.462 e. The summed E-state index contributed by atoms with van der Waals surface area (Å²) in [5, 5.41) is 0. The van der Waals surface area contributed by atoms with Crippen molar-refractivity contribution < 1.29 is 18.7 Å². The van der Waals surface area contributed by atoms with Crippen molar-refractivity contribution in [1.82, 2.24) is 0 Å². The molecule has 0 fully saturated rings. The Hall–Kier alpha value is -1.42. The van der Waals surface area contributed by atoms with E-state index in [1.165, 1.54) is 6.07 Å². The number of carbonyl (C=O) groups is 1. The van der Waals surface area contributed by atoms with Crippen molar-refractivity contribution in [2.45, 2.75) is 32.8 Å². The number of methoxy groups -OCH3 is 1. The van der Waals surface area contributed by atoms with E-state index >= 15 is 0 Å². The van der Waals surface area contributed by atoms with Gasteiger partial charge in [0.05, 0.1) is 17.8 Å². The van der Waals surface area contributed by atoms with E-state index in [-0.39, 0.29) is 17.8 Å². The highest BCUT2D eigenvalue weighted by Crippen LogP contribution is 2.15. The zero-order chi connectivity index (χ0) is 13.8. The fraction of sp³-hybridized carbons (Fsp3) is 0.500. The average Bonchev–Trinajstić information content (AvgIpc) is 2.32.